The summed E-state index contributed by atoms with van der Waals surface area (Å²) in [4.78, 5) is 0. The molecular weight excluding hydrogens is 188 g/mol. The van der Waals surface area contributed by atoms with Crippen molar-refractivity contribution in [2.24, 2.45) is 0 Å². The van der Waals surface area contributed by atoms with E-state index >= 15 is 0 Å². The number of allylic oxidation sites excluding steroid dienone is 2. The van der Waals surface area contributed by atoms with Crippen LogP contribution in [0.4, 0.5) is 0 Å². The van der Waals surface area contributed by atoms with Crippen LogP contribution in [0, 0.1) is 0 Å². The zero-order valence-electron chi connectivity index (χ0n) is 8.68. The molecule has 3 nitrogen and oxygen atoms in total. The van der Waals surface area contributed by atoms with Crippen molar-refractivity contribution in [2.75, 3.05) is 13.8 Å². The van der Waals surface area contributed by atoms with Gasteiger partial charge in [0.05, 0.1) is 0 Å². The number of ether oxygens (including phenoxy) is 1. The number of nitrogens with zero attached hydrogens (tertiary/aromatic N) is 1. The van der Waals surface area contributed by atoms with Crippen LogP contribution in [0.1, 0.15) is 5.56 Å². The van der Waals surface area contributed by atoms with Crippen molar-refractivity contribution in [1.29, 1.82) is 0 Å². The topological polar surface area (TPSA) is 24.5 Å². The van der Waals surface area contributed by atoms with E-state index in [1.807, 2.05) is 41.7 Å². The van der Waals surface area contributed by atoms with Crippen LogP contribution in [0.15, 0.2) is 48.8 Å². The molecule has 0 saturated heterocycles. The van der Waals surface area contributed by atoms with Crippen LogP contribution in [0.3, 0.4) is 0 Å². The summed E-state index contributed by atoms with van der Waals surface area (Å²) >= 11 is 0. The van der Waals surface area contributed by atoms with E-state index < -0.39 is 0 Å². The summed E-state index contributed by atoms with van der Waals surface area (Å²) in [5.41, 5.74) is 5.45. The molecule has 0 radical (unpaired) electrons. The quantitative estimate of drug-likeness (QED) is 0.811. The summed E-state index contributed by atoms with van der Waals surface area (Å²) in [5, 5.41) is 1.89. The standard InChI is InChI=1S/C12H14N2O/c1-15-10-14-9-12(7-8-13-14)11-5-3-2-4-6-11/h2-9,13H,10H2,1H3. The third-order valence-corrected chi connectivity index (χ3v) is 2.17. The van der Waals surface area contributed by atoms with Crippen LogP contribution in [-0.2, 0) is 4.74 Å². The molecule has 1 aromatic carbocycles. The molecule has 1 aliphatic heterocycles. The number of methoxy groups -OCH3 is 1. The maximum absolute atomic E-state index is 5.05. The van der Waals surface area contributed by atoms with Gasteiger partial charge in [-0.3, -0.25) is 5.01 Å². The number of hydrazine groups is 1. The normalized spacial score (nSPS) is 14.7. The van der Waals surface area contributed by atoms with Gasteiger partial charge in [-0.05, 0) is 11.6 Å². The molecule has 0 aromatic heterocycles. The van der Waals surface area contributed by atoms with E-state index in [4.69, 9.17) is 4.74 Å². The van der Waals surface area contributed by atoms with Gasteiger partial charge in [-0.25, -0.2) is 0 Å². The fourth-order valence-corrected chi connectivity index (χ4v) is 1.49. The number of nitrogens with one attached hydrogen (secondary N) is 1. The van der Waals surface area contributed by atoms with Crippen molar-refractivity contribution in [1.82, 2.24) is 10.4 Å². The van der Waals surface area contributed by atoms with Crippen molar-refractivity contribution < 1.29 is 4.74 Å². The average molecular weight is 202 g/mol. The molecular formula is C12H14N2O. The van der Waals surface area contributed by atoms with Gasteiger partial charge in [-0.2, -0.15) is 0 Å². The van der Waals surface area contributed by atoms with Crippen molar-refractivity contribution in [3.8, 4) is 0 Å². The first-order chi connectivity index (χ1) is 7.40. The Hall–Kier alpha value is -1.74. The summed E-state index contributed by atoms with van der Waals surface area (Å²) in [7, 11) is 1.68. The van der Waals surface area contributed by atoms with E-state index in [1.165, 1.54) is 11.1 Å². The molecule has 1 aliphatic rings. The molecule has 0 amide bonds. The highest BCUT2D eigenvalue weighted by Crippen LogP contribution is 2.17. The van der Waals surface area contributed by atoms with Gasteiger partial charge in [0.15, 0.2) is 0 Å². The lowest BCUT2D eigenvalue weighted by atomic mass is 10.1. The first-order valence-electron chi connectivity index (χ1n) is 4.85. The Morgan fingerprint density at radius 3 is 2.80 bits per heavy atom. The van der Waals surface area contributed by atoms with Crippen LogP contribution >= 0.6 is 0 Å². The van der Waals surface area contributed by atoms with Gasteiger partial charge in [0.2, 0.25) is 0 Å². The molecule has 0 atom stereocenters. The second-order valence-electron chi connectivity index (χ2n) is 3.30. The first kappa shape index (κ1) is 9.80. The van der Waals surface area contributed by atoms with Crippen LogP contribution in [0.2, 0.25) is 0 Å². The molecule has 1 N–H and O–H groups in total. The zero-order valence-corrected chi connectivity index (χ0v) is 8.68. The maximum Gasteiger partial charge on any atom is 0.136 e. The van der Waals surface area contributed by atoms with Crippen molar-refractivity contribution in [2.45, 2.75) is 0 Å². The Morgan fingerprint density at radius 2 is 2.07 bits per heavy atom. The van der Waals surface area contributed by atoms with E-state index in [1.54, 1.807) is 7.11 Å². The molecule has 0 saturated carbocycles. The molecule has 3 heteroatoms. The van der Waals surface area contributed by atoms with E-state index in [2.05, 4.69) is 17.6 Å². The lowest BCUT2D eigenvalue weighted by molar-refractivity contribution is 0.0748. The van der Waals surface area contributed by atoms with Gasteiger partial charge in [-0.1, -0.05) is 30.3 Å². The highest BCUT2D eigenvalue weighted by atomic mass is 16.5. The summed E-state index contributed by atoms with van der Waals surface area (Å²) in [6.07, 6.45) is 5.97. The van der Waals surface area contributed by atoms with Gasteiger partial charge in [-0.15, -0.1) is 0 Å². The van der Waals surface area contributed by atoms with E-state index in [-0.39, 0.29) is 0 Å². The molecule has 1 heterocycles. The largest absolute Gasteiger partial charge is 0.363 e. The van der Waals surface area contributed by atoms with Gasteiger partial charge in [0, 0.05) is 25.1 Å². The lowest BCUT2D eigenvalue weighted by Crippen LogP contribution is -2.32. The van der Waals surface area contributed by atoms with Gasteiger partial charge in [0.25, 0.3) is 0 Å². The van der Waals surface area contributed by atoms with E-state index in [0.29, 0.717) is 6.73 Å². The van der Waals surface area contributed by atoms with Crippen molar-refractivity contribution >= 4 is 5.57 Å². The van der Waals surface area contributed by atoms with Gasteiger partial charge in [0.1, 0.15) is 6.73 Å². The molecule has 0 fully saturated rings. The van der Waals surface area contributed by atoms with Crippen molar-refractivity contribution in [3.05, 3.63) is 54.4 Å². The Balaban J connectivity index is 2.18. The number of hydrogen-bond donors (Lipinski definition) is 1. The summed E-state index contributed by atoms with van der Waals surface area (Å²) in [6, 6.07) is 10.3. The van der Waals surface area contributed by atoms with Crippen LogP contribution in [-0.4, -0.2) is 18.8 Å². The number of benzene rings is 1. The SMILES string of the molecule is COCN1C=C(c2ccccc2)C=CN1. The van der Waals surface area contributed by atoms with Crippen LogP contribution in [0.5, 0.6) is 0 Å². The highest BCUT2D eigenvalue weighted by molar-refractivity contribution is 5.74. The predicted molar refractivity (Wildman–Crippen MR) is 60.4 cm³/mol. The molecule has 0 aliphatic carbocycles. The van der Waals surface area contributed by atoms with Crippen LogP contribution in [0.25, 0.3) is 5.57 Å². The molecule has 1 aromatic rings. The Bertz CT molecular complexity index is 370. The summed E-state index contributed by atoms with van der Waals surface area (Å²) in [5.74, 6) is 0. The maximum atomic E-state index is 5.05. The first-order valence-corrected chi connectivity index (χ1v) is 4.85. The number of rotatable bonds is 3. The van der Waals surface area contributed by atoms with Gasteiger partial charge < -0.3 is 10.2 Å². The summed E-state index contributed by atoms with van der Waals surface area (Å²) in [6.45, 7) is 0.528. The fourth-order valence-electron chi connectivity index (χ4n) is 1.49. The minimum absolute atomic E-state index is 0.528. The minimum atomic E-state index is 0.528. The fraction of sp³-hybridized carbons (Fsp3) is 0.167. The Kier molecular flexibility index (Phi) is 3.05. The average Bonchev–Trinajstić information content (AvgIpc) is 2.31. The minimum Gasteiger partial charge on any atom is -0.363 e. The monoisotopic (exact) mass is 202 g/mol. The highest BCUT2D eigenvalue weighted by Gasteiger charge is 2.05. The number of hydrogen-bond acceptors (Lipinski definition) is 3. The van der Waals surface area contributed by atoms with E-state index in [0.717, 1.165) is 0 Å². The van der Waals surface area contributed by atoms with Crippen LogP contribution < -0.4 is 5.43 Å². The molecule has 78 valence electrons. The second kappa shape index (κ2) is 4.66. The Morgan fingerprint density at radius 1 is 1.27 bits per heavy atom. The van der Waals surface area contributed by atoms with Gasteiger partial charge >= 0.3 is 0 Å². The third-order valence-electron chi connectivity index (χ3n) is 2.17. The lowest BCUT2D eigenvalue weighted by Gasteiger charge is -2.23. The molecule has 0 unspecified atom stereocenters. The molecule has 0 bridgehead atoms. The molecule has 15 heavy (non-hydrogen) atoms. The smallest absolute Gasteiger partial charge is 0.136 e. The zero-order chi connectivity index (χ0) is 10.5. The molecule has 0 spiro atoms. The second-order valence-corrected chi connectivity index (χ2v) is 3.30. The predicted octanol–water partition coefficient (Wildman–Crippen LogP) is 1.97. The summed E-state index contributed by atoms with van der Waals surface area (Å²) < 4.78 is 5.05. The Labute approximate surface area is 89.6 Å². The van der Waals surface area contributed by atoms with Crippen molar-refractivity contribution in [3.63, 3.8) is 0 Å². The molecule has 2 rings (SSSR count). The third kappa shape index (κ3) is 2.39. The van der Waals surface area contributed by atoms with E-state index in [9.17, 15) is 0 Å².